The number of thioether (sulfide) groups is 1. The lowest BCUT2D eigenvalue weighted by atomic mass is 9.77. The van der Waals surface area contributed by atoms with Crippen molar-refractivity contribution < 1.29 is 24.3 Å². The van der Waals surface area contributed by atoms with Crippen LogP contribution in [0.4, 0.5) is 0 Å². The zero-order valence-electron chi connectivity index (χ0n) is 13.6. The Kier molecular flexibility index (Phi) is 4.27. The Labute approximate surface area is 145 Å². The van der Waals surface area contributed by atoms with Crippen LogP contribution in [0.25, 0.3) is 0 Å². The Hall–Kier alpha value is -1.18. The SMILES string of the molecule is C[C@@H](Sc1ccc2c(c1C(=O)O)OB(O)[C@@H]1C[C@H]21)C1CCOCC1. The van der Waals surface area contributed by atoms with Crippen molar-refractivity contribution in [2.75, 3.05) is 13.2 Å². The van der Waals surface area contributed by atoms with Crippen LogP contribution < -0.4 is 4.65 Å². The van der Waals surface area contributed by atoms with E-state index in [0.29, 0.717) is 16.9 Å². The van der Waals surface area contributed by atoms with Crippen molar-refractivity contribution >= 4 is 24.8 Å². The number of fused-ring (bicyclic) bond motifs is 3. The van der Waals surface area contributed by atoms with E-state index >= 15 is 0 Å². The highest BCUT2D eigenvalue weighted by Crippen LogP contribution is 2.60. The van der Waals surface area contributed by atoms with Gasteiger partial charge in [-0.15, -0.1) is 11.8 Å². The Morgan fingerprint density at radius 1 is 1.38 bits per heavy atom. The van der Waals surface area contributed by atoms with E-state index in [1.165, 1.54) is 0 Å². The number of aromatic carboxylic acids is 1. The second kappa shape index (κ2) is 6.28. The first kappa shape index (κ1) is 16.3. The summed E-state index contributed by atoms with van der Waals surface area (Å²) in [5.41, 5.74) is 1.14. The Bertz CT molecular complexity index is 661. The van der Waals surface area contributed by atoms with Crippen LogP contribution in [0.15, 0.2) is 17.0 Å². The van der Waals surface area contributed by atoms with Crippen LogP contribution in [0, 0.1) is 5.92 Å². The fourth-order valence-electron chi connectivity index (χ4n) is 3.88. The molecule has 3 atom stereocenters. The van der Waals surface area contributed by atoms with E-state index < -0.39 is 13.1 Å². The van der Waals surface area contributed by atoms with Crippen LogP contribution in [0.2, 0.25) is 5.82 Å². The molecule has 1 aromatic carbocycles. The van der Waals surface area contributed by atoms with Crippen molar-refractivity contribution in [2.45, 2.75) is 48.1 Å². The lowest BCUT2D eigenvalue weighted by molar-refractivity contribution is 0.0667. The Morgan fingerprint density at radius 3 is 2.83 bits per heavy atom. The molecule has 0 bridgehead atoms. The monoisotopic (exact) mass is 348 g/mol. The summed E-state index contributed by atoms with van der Waals surface area (Å²) in [6, 6.07) is 3.90. The smallest absolute Gasteiger partial charge is 0.526 e. The summed E-state index contributed by atoms with van der Waals surface area (Å²) in [6.45, 7) is 3.71. The minimum Gasteiger partial charge on any atom is -0.535 e. The molecular formula is C17H21BO5S. The van der Waals surface area contributed by atoms with E-state index in [1.807, 2.05) is 12.1 Å². The zero-order valence-corrected chi connectivity index (χ0v) is 14.4. The normalized spacial score (nSPS) is 27.0. The van der Waals surface area contributed by atoms with Crippen molar-refractivity contribution in [3.63, 3.8) is 0 Å². The molecule has 0 radical (unpaired) electrons. The molecule has 0 amide bonds. The minimum absolute atomic E-state index is 0.124. The van der Waals surface area contributed by atoms with Gasteiger partial charge in [0, 0.05) is 29.2 Å². The van der Waals surface area contributed by atoms with Crippen molar-refractivity contribution in [2.24, 2.45) is 5.92 Å². The minimum atomic E-state index is -0.986. The highest BCUT2D eigenvalue weighted by molar-refractivity contribution is 8.00. The van der Waals surface area contributed by atoms with E-state index in [9.17, 15) is 14.9 Å². The van der Waals surface area contributed by atoms with Gasteiger partial charge in [-0.2, -0.15) is 0 Å². The molecule has 128 valence electrons. The summed E-state index contributed by atoms with van der Waals surface area (Å²) in [6.07, 6.45) is 2.90. The van der Waals surface area contributed by atoms with E-state index in [-0.39, 0.29) is 17.3 Å². The third-order valence-electron chi connectivity index (χ3n) is 5.45. The maximum Gasteiger partial charge on any atom is 0.526 e. The molecule has 1 saturated carbocycles. The molecule has 4 rings (SSSR count). The van der Waals surface area contributed by atoms with Crippen molar-refractivity contribution in [1.29, 1.82) is 0 Å². The lowest BCUT2D eigenvalue weighted by Gasteiger charge is -2.28. The Balaban J connectivity index is 1.63. The van der Waals surface area contributed by atoms with Gasteiger partial charge >= 0.3 is 13.1 Å². The van der Waals surface area contributed by atoms with Gasteiger partial charge in [0.05, 0.1) is 0 Å². The topological polar surface area (TPSA) is 76.0 Å². The molecule has 2 N–H and O–H groups in total. The second-order valence-corrected chi connectivity index (χ2v) is 8.37. The summed E-state index contributed by atoms with van der Waals surface area (Å²) in [7, 11) is -0.881. The number of carboxylic acid groups (broad SMARTS) is 1. The van der Waals surface area contributed by atoms with Gasteiger partial charge in [-0.25, -0.2) is 4.79 Å². The molecule has 24 heavy (non-hydrogen) atoms. The predicted molar refractivity (Wildman–Crippen MR) is 92.0 cm³/mol. The van der Waals surface area contributed by atoms with Crippen LogP contribution in [-0.2, 0) is 4.74 Å². The van der Waals surface area contributed by atoms with E-state index in [0.717, 1.165) is 42.9 Å². The molecule has 2 heterocycles. The maximum absolute atomic E-state index is 11.9. The number of rotatable bonds is 4. The van der Waals surface area contributed by atoms with Gasteiger partial charge in [0.25, 0.3) is 0 Å². The van der Waals surface area contributed by atoms with Gasteiger partial charge in [-0.1, -0.05) is 13.0 Å². The molecule has 1 saturated heterocycles. The van der Waals surface area contributed by atoms with Crippen LogP contribution in [0.3, 0.4) is 0 Å². The molecular weight excluding hydrogens is 327 g/mol. The van der Waals surface area contributed by atoms with Crippen LogP contribution in [0.5, 0.6) is 5.75 Å². The van der Waals surface area contributed by atoms with Crippen LogP contribution >= 0.6 is 11.8 Å². The fourth-order valence-corrected chi connectivity index (χ4v) is 5.19. The predicted octanol–water partition coefficient (Wildman–Crippen LogP) is 3.02. The Morgan fingerprint density at radius 2 is 2.12 bits per heavy atom. The quantitative estimate of drug-likeness (QED) is 0.644. The van der Waals surface area contributed by atoms with Crippen molar-refractivity contribution in [1.82, 2.24) is 0 Å². The van der Waals surface area contributed by atoms with E-state index in [1.54, 1.807) is 11.8 Å². The average Bonchev–Trinajstić information content (AvgIpc) is 3.36. The highest BCUT2D eigenvalue weighted by Gasteiger charge is 2.54. The molecule has 2 aliphatic heterocycles. The van der Waals surface area contributed by atoms with Gasteiger partial charge in [0.1, 0.15) is 11.3 Å². The third-order valence-corrected chi connectivity index (χ3v) is 6.80. The number of hydrogen-bond donors (Lipinski definition) is 2. The summed E-state index contributed by atoms with van der Waals surface area (Å²) in [4.78, 5) is 12.6. The summed E-state index contributed by atoms with van der Waals surface area (Å²) in [5.74, 6) is 0.283. The third kappa shape index (κ3) is 2.83. The van der Waals surface area contributed by atoms with Crippen LogP contribution in [-0.4, -0.2) is 41.7 Å². The number of hydrogen-bond acceptors (Lipinski definition) is 5. The number of carboxylic acids is 1. The molecule has 1 aromatic rings. The van der Waals surface area contributed by atoms with Gasteiger partial charge in [-0.3, -0.25) is 0 Å². The summed E-state index contributed by atoms with van der Waals surface area (Å²) < 4.78 is 11.0. The van der Waals surface area contributed by atoms with Crippen LogP contribution in [0.1, 0.15) is 48.0 Å². The molecule has 2 fully saturated rings. The number of benzene rings is 1. The van der Waals surface area contributed by atoms with Gasteiger partial charge in [0.2, 0.25) is 0 Å². The van der Waals surface area contributed by atoms with Gasteiger partial charge in [-0.05, 0) is 42.7 Å². The summed E-state index contributed by atoms with van der Waals surface area (Å²) in [5, 5.41) is 20.1. The van der Waals surface area contributed by atoms with Crippen molar-refractivity contribution in [3.05, 3.63) is 23.3 Å². The maximum atomic E-state index is 11.9. The first-order chi connectivity index (χ1) is 11.6. The molecule has 0 unspecified atom stereocenters. The van der Waals surface area contributed by atoms with E-state index in [4.69, 9.17) is 9.39 Å². The highest BCUT2D eigenvalue weighted by atomic mass is 32.2. The van der Waals surface area contributed by atoms with Gasteiger partial charge in [0.15, 0.2) is 0 Å². The van der Waals surface area contributed by atoms with Crippen molar-refractivity contribution in [3.8, 4) is 5.75 Å². The zero-order chi connectivity index (χ0) is 16.8. The second-order valence-electron chi connectivity index (χ2n) is 6.95. The standard InChI is InChI=1S/C17H21BO5S/c1-9(10-4-6-22-7-5-10)24-14-3-2-11-12-8-13(12)18(21)23-16(11)15(14)17(19)20/h2-3,9-10,12-13,21H,4-8H2,1H3,(H,19,20)/t9-,12-,13-/m1/s1. The van der Waals surface area contributed by atoms with E-state index in [2.05, 4.69) is 6.92 Å². The molecule has 0 aromatic heterocycles. The molecule has 5 nitrogen and oxygen atoms in total. The van der Waals surface area contributed by atoms with Gasteiger partial charge < -0.3 is 19.5 Å². The number of ether oxygens (including phenoxy) is 1. The first-order valence-corrected chi connectivity index (χ1v) is 9.43. The fraction of sp³-hybridized carbons (Fsp3) is 0.588. The molecule has 0 spiro atoms. The molecule has 7 heteroatoms. The molecule has 1 aliphatic carbocycles. The average molecular weight is 348 g/mol. The molecule has 3 aliphatic rings. The lowest BCUT2D eigenvalue weighted by Crippen LogP contribution is -2.28. The summed E-state index contributed by atoms with van der Waals surface area (Å²) >= 11 is 1.60. The first-order valence-electron chi connectivity index (χ1n) is 8.55. The largest absolute Gasteiger partial charge is 0.535 e. The number of carbonyl (C=O) groups is 1.